The standard InChI is InChI=1S/C20H22N4O5/c1-14-4-3-5-15(12-14)22-8-10-23(11-9-22)20(26)19(25)21-17-7-6-16(24(27)28)13-18(17)29-2/h3-7,12-13H,8-11H2,1-2H3,(H,21,25). The van der Waals surface area contributed by atoms with Gasteiger partial charge in [-0.15, -0.1) is 0 Å². The molecule has 0 aliphatic carbocycles. The molecule has 0 unspecified atom stereocenters. The molecule has 0 saturated carbocycles. The van der Waals surface area contributed by atoms with E-state index in [1.807, 2.05) is 25.1 Å². The van der Waals surface area contributed by atoms with Crippen molar-refractivity contribution in [2.24, 2.45) is 0 Å². The number of benzene rings is 2. The number of nitrogens with one attached hydrogen (secondary N) is 1. The molecule has 2 aromatic carbocycles. The SMILES string of the molecule is COc1cc([N+](=O)[O-])ccc1NC(=O)C(=O)N1CCN(c2cccc(C)c2)CC1. The van der Waals surface area contributed by atoms with Gasteiger partial charge in [-0.1, -0.05) is 12.1 Å². The van der Waals surface area contributed by atoms with Crippen molar-refractivity contribution >= 4 is 28.9 Å². The van der Waals surface area contributed by atoms with Crippen LogP contribution in [-0.2, 0) is 9.59 Å². The van der Waals surface area contributed by atoms with E-state index < -0.39 is 16.7 Å². The number of rotatable bonds is 4. The van der Waals surface area contributed by atoms with Gasteiger partial charge in [0, 0.05) is 37.9 Å². The highest BCUT2D eigenvalue weighted by molar-refractivity contribution is 6.39. The number of nitro groups is 1. The lowest BCUT2D eigenvalue weighted by atomic mass is 10.2. The van der Waals surface area contributed by atoms with E-state index in [0.29, 0.717) is 26.2 Å². The minimum atomic E-state index is -0.804. The van der Waals surface area contributed by atoms with Gasteiger partial charge < -0.3 is 19.9 Å². The molecule has 1 heterocycles. The minimum Gasteiger partial charge on any atom is -0.494 e. The van der Waals surface area contributed by atoms with E-state index in [0.717, 1.165) is 11.3 Å². The first kappa shape index (κ1) is 20.1. The number of carbonyl (C=O) groups is 2. The van der Waals surface area contributed by atoms with Gasteiger partial charge >= 0.3 is 11.8 Å². The zero-order chi connectivity index (χ0) is 21.0. The molecule has 29 heavy (non-hydrogen) atoms. The zero-order valence-electron chi connectivity index (χ0n) is 16.3. The number of anilines is 2. The lowest BCUT2D eigenvalue weighted by Gasteiger charge is -2.35. The molecule has 9 nitrogen and oxygen atoms in total. The molecule has 0 bridgehead atoms. The lowest BCUT2D eigenvalue weighted by molar-refractivity contribution is -0.384. The normalized spacial score (nSPS) is 13.7. The van der Waals surface area contributed by atoms with Crippen molar-refractivity contribution in [2.45, 2.75) is 6.92 Å². The van der Waals surface area contributed by atoms with Crippen LogP contribution in [0.1, 0.15) is 5.56 Å². The van der Waals surface area contributed by atoms with Crippen molar-refractivity contribution in [1.82, 2.24) is 4.90 Å². The number of hydrogen-bond donors (Lipinski definition) is 1. The first-order chi connectivity index (χ1) is 13.9. The molecule has 1 aliphatic heterocycles. The number of methoxy groups -OCH3 is 1. The number of nitro benzene ring substituents is 1. The molecule has 1 aliphatic rings. The van der Waals surface area contributed by atoms with Gasteiger partial charge in [0.1, 0.15) is 5.75 Å². The number of carbonyl (C=O) groups excluding carboxylic acids is 2. The monoisotopic (exact) mass is 398 g/mol. The predicted octanol–water partition coefficient (Wildman–Crippen LogP) is 2.20. The molecule has 1 N–H and O–H groups in total. The Bertz CT molecular complexity index is 938. The first-order valence-electron chi connectivity index (χ1n) is 9.13. The van der Waals surface area contributed by atoms with Gasteiger partial charge in [0.2, 0.25) is 0 Å². The van der Waals surface area contributed by atoms with Crippen molar-refractivity contribution in [3.05, 3.63) is 58.1 Å². The maximum Gasteiger partial charge on any atom is 0.314 e. The average molecular weight is 398 g/mol. The molecule has 0 aromatic heterocycles. The van der Waals surface area contributed by atoms with Gasteiger partial charge in [-0.2, -0.15) is 0 Å². The second kappa shape index (κ2) is 8.59. The summed E-state index contributed by atoms with van der Waals surface area (Å²) in [6.45, 7) is 4.14. The highest BCUT2D eigenvalue weighted by atomic mass is 16.6. The summed E-state index contributed by atoms with van der Waals surface area (Å²) in [5.74, 6) is -1.33. The molecule has 0 radical (unpaired) electrons. The Morgan fingerprint density at radius 2 is 1.83 bits per heavy atom. The molecule has 2 aromatic rings. The molecule has 0 atom stereocenters. The van der Waals surface area contributed by atoms with E-state index in [4.69, 9.17) is 4.74 Å². The molecular formula is C20H22N4O5. The predicted molar refractivity (Wildman–Crippen MR) is 108 cm³/mol. The van der Waals surface area contributed by atoms with Crippen molar-refractivity contribution in [1.29, 1.82) is 0 Å². The minimum absolute atomic E-state index is 0.115. The number of nitrogens with zero attached hydrogens (tertiary/aromatic N) is 3. The molecule has 0 spiro atoms. The molecule has 2 amide bonds. The zero-order valence-corrected chi connectivity index (χ0v) is 16.3. The maximum atomic E-state index is 12.5. The largest absolute Gasteiger partial charge is 0.494 e. The highest BCUT2D eigenvalue weighted by Gasteiger charge is 2.27. The average Bonchev–Trinajstić information content (AvgIpc) is 2.73. The quantitative estimate of drug-likeness (QED) is 0.481. The van der Waals surface area contributed by atoms with Crippen molar-refractivity contribution in [3.63, 3.8) is 0 Å². The third kappa shape index (κ3) is 4.63. The Labute approximate surface area is 168 Å². The molecule has 1 saturated heterocycles. The summed E-state index contributed by atoms with van der Waals surface area (Å²) >= 11 is 0. The maximum absolute atomic E-state index is 12.5. The van der Waals surface area contributed by atoms with Crippen LogP contribution >= 0.6 is 0 Å². The van der Waals surface area contributed by atoms with Crippen LogP contribution < -0.4 is 15.0 Å². The number of piperazine rings is 1. The van der Waals surface area contributed by atoms with Crippen LogP contribution in [0, 0.1) is 17.0 Å². The van der Waals surface area contributed by atoms with E-state index in [-0.39, 0.29) is 17.1 Å². The molecule has 9 heteroatoms. The number of ether oxygens (including phenoxy) is 1. The van der Waals surface area contributed by atoms with Crippen LogP contribution in [0.15, 0.2) is 42.5 Å². The first-order valence-corrected chi connectivity index (χ1v) is 9.13. The van der Waals surface area contributed by atoms with Crippen molar-refractivity contribution < 1.29 is 19.2 Å². The Hall–Kier alpha value is -3.62. The summed E-state index contributed by atoms with van der Waals surface area (Å²) in [5.41, 5.74) is 2.29. The Morgan fingerprint density at radius 3 is 2.45 bits per heavy atom. The highest BCUT2D eigenvalue weighted by Crippen LogP contribution is 2.29. The molecule has 1 fully saturated rings. The van der Waals surface area contributed by atoms with Crippen LogP contribution in [-0.4, -0.2) is 54.9 Å². The number of non-ortho nitro benzene ring substituents is 1. The third-order valence-corrected chi connectivity index (χ3v) is 4.77. The van der Waals surface area contributed by atoms with Gasteiger partial charge in [-0.25, -0.2) is 0 Å². The van der Waals surface area contributed by atoms with E-state index >= 15 is 0 Å². The molecule has 3 rings (SSSR count). The number of aryl methyl sites for hydroxylation is 1. The van der Waals surface area contributed by atoms with Gasteiger partial charge in [0.15, 0.2) is 0 Å². The number of hydrogen-bond acceptors (Lipinski definition) is 6. The summed E-state index contributed by atoms with van der Waals surface area (Å²) in [4.78, 5) is 38.9. The summed E-state index contributed by atoms with van der Waals surface area (Å²) in [6, 6.07) is 11.9. The topological polar surface area (TPSA) is 105 Å². The Morgan fingerprint density at radius 1 is 1.10 bits per heavy atom. The van der Waals surface area contributed by atoms with Crippen LogP contribution in [0.2, 0.25) is 0 Å². The van der Waals surface area contributed by atoms with Crippen LogP contribution in [0.3, 0.4) is 0 Å². The third-order valence-electron chi connectivity index (χ3n) is 4.77. The van der Waals surface area contributed by atoms with Crippen molar-refractivity contribution in [3.8, 4) is 5.75 Å². The Balaban J connectivity index is 1.61. The van der Waals surface area contributed by atoms with Gasteiger partial charge in [-0.3, -0.25) is 19.7 Å². The smallest absolute Gasteiger partial charge is 0.314 e. The van der Waals surface area contributed by atoms with Gasteiger partial charge in [0.05, 0.1) is 23.8 Å². The molecular weight excluding hydrogens is 376 g/mol. The van der Waals surface area contributed by atoms with Crippen LogP contribution in [0.4, 0.5) is 17.1 Å². The summed E-state index contributed by atoms with van der Waals surface area (Å²) in [7, 11) is 1.33. The van der Waals surface area contributed by atoms with Crippen molar-refractivity contribution in [2.75, 3.05) is 43.5 Å². The van der Waals surface area contributed by atoms with Gasteiger partial charge in [0.25, 0.3) is 5.69 Å². The second-order valence-corrected chi connectivity index (χ2v) is 6.71. The van der Waals surface area contributed by atoms with Crippen LogP contribution in [0.5, 0.6) is 5.75 Å². The molecule has 152 valence electrons. The fraction of sp³-hybridized carbons (Fsp3) is 0.300. The fourth-order valence-corrected chi connectivity index (χ4v) is 3.21. The fourth-order valence-electron chi connectivity index (χ4n) is 3.21. The van der Waals surface area contributed by atoms with E-state index in [2.05, 4.69) is 16.3 Å². The second-order valence-electron chi connectivity index (χ2n) is 6.71. The van der Waals surface area contributed by atoms with E-state index in [1.54, 1.807) is 0 Å². The lowest BCUT2D eigenvalue weighted by Crippen LogP contribution is -2.51. The summed E-state index contributed by atoms with van der Waals surface area (Å²) in [6.07, 6.45) is 0. The summed E-state index contributed by atoms with van der Waals surface area (Å²) in [5, 5.41) is 13.3. The Kier molecular flexibility index (Phi) is 5.96. The van der Waals surface area contributed by atoms with E-state index in [1.165, 1.54) is 30.2 Å². The van der Waals surface area contributed by atoms with E-state index in [9.17, 15) is 19.7 Å². The number of amides is 2. The summed E-state index contributed by atoms with van der Waals surface area (Å²) < 4.78 is 5.08. The van der Waals surface area contributed by atoms with Gasteiger partial charge in [-0.05, 0) is 30.7 Å². The van der Waals surface area contributed by atoms with Crippen LogP contribution in [0.25, 0.3) is 0 Å².